The number of hydrogen-bond acceptors (Lipinski definition) is 3. The summed E-state index contributed by atoms with van der Waals surface area (Å²) in [5.74, 6) is -1.28. The van der Waals surface area contributed by atoms with E-state index in [4.69, 9.17) is 0 Å². The van der Waals surface area contributed by atoms with Gasteiger partial charge in [0.2, 0.25) is 0 Å². The maximum Gasteiger partial charge on any atom is 0.306 e. The molecular weight excluding hydrogens is 328 g/mol. The molecule has 128 valence electrons. The van der Waals surface area contributed by atoms with Crippen LogP contribution in [-0.2, 0) is 10.3 Å². The summed E-state index contributed by atoms with van der Waals surface area (Å²) in [5.41, 5.74) is 1.14. The maximum atomic E-state index is 13.2. The van der Waals surface area contributed by atoms with E-state index < -0.39 is 11.5 Å². The zero-order valence-electron chi connectivity index (χ0n) is 13.9. The number of carboxylic acid groups (broad SMARTS) is 1. The largest absolute Gasteiger partial charge is 0.481 e. The highest BCUT2D eigenvalue weighted by molar-refractivity contribution is 6.12. The van der Waals surface area contributed by atoms with Gasteiger partial charge in [-0.2, -0.15) is 0 Å². The van der Waals surface area contributed by atoms with E-state index in [0.717, 1.165) is 5.56 Å². The van der Waals surface area contributed by atoms with Gasteiger partial charge in [-0.15, -0.1) is 0 Å². The average molecular weight is 344 g/mol. The van der Waals surface area contributed by atoms with Gasteiger partial charge in [0.15, 0.2) is 0 Å². The Labute approximate surface area is 150 Å². The Balaban J connectivity index is 2.06. The minimum absolute atomic E-state index is 0.254. The second kappa shape index (κ2) is 6.11. The number of nitrogens with zero attached hydrogens (tertiary/aromatic N) is 2. The summed E-state index contributed by atoms with van der Waals surface area (Å²) in [5, 5.41) is 9.72. The minimum atomic E-state index is -1.14. The van der Waals surface area contributed by atoms with Gasteiger partial charge in [-0.3, -0.25) is 19.5 Å². The Morgan fingerprint density at radius 2 is 1.62 bits per heavy atom. The molecule has 26 heavy (non-hydrogen) atoms. The number of benzene rings is 2. The summed E-state index contributed by atoms with van der Waals surface area (Å²) in [4.78, 5) is 30.9. The van der Waals surface area contributed by atoms with Crippen LogP contribution >= 0.6 is 0 Å². The normalized spacial score (nSPS) is 18.6. The first-order chi connectivity index (χ1) is 12.6. The molecule has 5 heteroatoms. The molecule has 3 aromatic rings. The molecule has 1 aliphatic rings. The van der Waals surface area contributed by atoms with Gasteiger partial charge in [-0.1, -0.05) is 54.6 Å². The quantitative estimate of drug-likeness (QED) is 0.787. The van der Waals surface area contributed by atoms with E-state index in [9.17, 15) is 14.7 Å². The number of pyridine rings is 1. The van der Waals surface area contributed by atoms with Crippen molar-refractivity contribution in [3.8, 4) is 0 Å². The third kappa shape index (κ3) is 2.29. The Morgan fingerprint density at radius 1 is 0.962 bits per heavy atom. The summed E-state index contributed by atoms with van der Waals surface area (Å²) in [7, 11) is 0. The molecule has 1 unspecified atom stereocenters. The average Bonchev–Trinajstić information content (AvgIpc) is 2.92. The second-order valence-electron chi connectivity index (χ2n) is 6.17. The van der Waals surface area contributed by atoms with Crippen molar-refractivity contribution in [2.45, 2.75) is 12.0 Å². The fourth-order valence-corrected chi connectivity index (χ4v) is 3.72. The molecule has 0 saturated heterocycles. The van der Waals surface area contributed by atoms with E-state index in [1.807, 2.05) is 60.7 Å². The Morgan fingerprint density at radius 3 is 2.27 bits per heavy atom. The van der Waals surface area contributed by atoms with E-state index in [0.29, 0.717) is 16.9 Å². The van der Waals surface area contributed by atoms with Gasteiger partial charge in [0.25, 0.3) is 5.91 Å². The number of carbonyl (C=O) groups is 2. The highest BCUT2D eigenvalue weighted by atomic mass is 16.4. The monoisotopic (exact) mass is 344 g/mol. The van der Waals surface area contributed by atoms with Gasteiger partial charge in [-0.05, 0) is 23.8 Å². The van der Waals surface area contributed by atoms with Crippen LogP contribution in [0.2, 0.25) is 0 Å². The molecule has 1 atom stereocenters. The molecule has 0 aliphatic carbocycles. The van der Waals surface area contributed by atoms with Crippen molar-refractivity contribution >= 4 is 17.6 Å². The molecule has 0 saturated carbocycles. The van der Waals surface area contributed by atoms with E-state index in [1.165, 1.54) is 0 Å². The van der Waals surface area contributed by atoms with Gasteiger partial charge in [0.05, 0.1) is 6.42 Å². The van der Waals surface area contributed by atoms with Gasteiger partial charge in [0, 0.05) is 17.4 Å². The van der Waals surface area contributed by atoms with Gasteiger partial charge < -0.3 is 5.11 Å². The van der Waals surface area contributed by atoms with Crippen molar-refractivity contribution in [2.75, 3.05) is 4.90 Å². The minimum Gasteiger partial charge on any atom is -0.481 e. The number of hydrogen-bond donors (Lipinski definition) is 1. The number of carbonyl (C=O) groups excluding carboxylic acids is 1. The van der Waals surface area contributed by atoms with Gasteiger partial charge in [-0.25, -0.2) is 0 Å². The number of fused-ring (bicyclic) bond motifs is 1. The van der Waals surface area contributed by atoms with Crippen LogP contribution in [0.25, 0.3) is 0 Å². The summed E-state index contributed by atoms with van der Waals surface area (Å²) >= 11 is 0. The number of aliphatic carboxylic acids is 1. The Hall–Kier alpha value is -3.47. The fraction of sp³-hybridized carbons (Fsp3) is 0.0952. The molecule has 2 aromatic carbocycles. The summed E-state index contributed by atoms with van der Waals surface area (Å²) < 4.78 is 0. The molecule has 1 aromatic heterocycles. The molecular formula is C21H16N2O3. The molecule has 0 fully saturated rings. The van der Waals surface area contributed by atoms with Crippen molar-refractivity contribution in [3.63, 3.8) is 0 Å². The molecule has 0 radical (unpaired) electrons. The zero-order valence-corrected chi connectivity index (χ0v) is 13.9. The number of anilines is 1. The lowest BCUT2D eigenvalue weighted by Gasteiger charge is -2.38. The van der Waals surface area contributed by atoms with Crippen LogP contribution in [0.15, 0.2) is 79.0 Å². The van der Waals surface area contributed by atoms with Crippen LogP contribution < -0.4 is 4.90 Å². The molecule has 5 nitrogen and oxygen atoms in total. The molecule has 0 spiro atoms. The predicted octanol–water partition coefficient (Wildman–Crippen LogP) is 3.46. The third-order valence-electron chi connectivity index (χ3n) is 4.71. The lowest BCUT2D eigenvalue weighted by Crippen LogP contribution is -2.46. The third-order valence-corrected chi connectivity index (χ3v) is 4.71. The number of carboxylic acids is 1. The Bertz CT molecular complexity index is 973. The van der Waals surface area contributed by atoms with Crippen molar-refractivity contribution in [2.24, 2.45) is 0 Å². The molecule has 1 aliphatic heterocycles. The number of rotatable bonds is 4. The lowest BCUT2D eigenvalue weighted by molar-refractivity contribution is -0.138. The van der Waals surface area contributed by atoms with Gasteiger partial charge >= 0.3 is 5.97 Å². The van der Waals surface area contributed by atoms with Crippen LogP contribution in [0.5, 0.6) is 0 Å². The number of aromatic nitrogens is 1. The van der Waals surface area contributed by atoms with E-state index in [-0.39, 0.29) is 12.3 Å². The van der Waals surface area contributed by atoms with E-state index in [1.54, 1.807) is 23.2 Å². The van der Waals surface area contributed by atoms with Crippen LogP contribution in [0.4, 0.5) is 5.69 Å². The topological polar surface area (TPSA) is 70.5 Å². The van der Waals surface area contributed by atoms with Crippen LogP contribution in [-0.4, -0.2) is 22.0 Å². The van der Waals surface area contributed by atoms with Crippen molar-refractivity contribution in [3.05, 3.63) is 95.8 Å². The van der Waals surface area contributed by atoms with E-state index in [2.05, 4.69) is 4.98 Å². The maximum absolute atomic E-state index is 13.2. The predicted molar refractivity (Wildman–Crippen MR) is 97.0 cm³/mol. The highest BCUT2D eigenvalue weighted by Gasteiger charge is 2.53. The molecule has 1 N–H and O–H groups in total. The zero-order chi connectivity index (χ0) is 18.1. The first-order valence-electron chi connectivity index (χ1n) is 8.27. The van der Waals surface area contributed by atoms with Crippen molar-refractivity contribution in [1.29, 1.82) is 0 Å². The fourth-order valence-electron chi connectivity index (χ4n) is 3.72. The van der Waals surface area contributed by atoms with Crippen LogP contribution in [0.1, 0.15) is 28.0 Å². The van der Waals surface area contributed by atoms with Crippen LogP contribution in [0.3, 0.4) is 0 Å². The van der Waals surface area contributed by atoms with Crippen molar-refractivity contribution < 1.29 is 14.7 Å². The lowest BCUT2D eigenvalue weighted by atomic mass is 9.80. The first kappa shape index (κ1) is 16.0. The molecule has 2 heterocycles. The van der Waals surface area contributed by atoms with E-state index >= 15 is 0 Å². The number of para-hydroxylation sites is 1. The number of amides is 1. The SMILES string of the molecule is O=C(O)CC1(c2ccccc2)c2cccnc2C(=O)N1c1ccccc1. The van der Waals surface area contributed by atoms with Crippen LogP contribution in [0, 0.1) is 0 Å². The Kier molecular flexibility index (Phi) is 3.77. The molecule has 0 bridgehead atoms. The highest BCUT2D eigenvalue weighted by Crippen LogP contribution is 2.48. The smallest absolute Gasteiger partial charge is 0.306 e. The van der Waals surface area contributed by atoms with Gasteiger partial charge in [0.1, 0.15) is 11.2 Å². The summed E-state index contributed by atoms with van der Waals surface area (Å²) in [6.07, 6.45) is 1.30. The van der Waals surface area contributed by atoms with Crippen molar-refractivity contribution in [1.82, 2.24) is 4.98 Å². The molecule has 4 rings (SSSR count). The summed E-state index contributed by atoms with van der Waals surface area (Å²) in [6, 6.07) is 21.9. The standard InChI is InChI=1S/C21H16N2O3/c24-18(25)14-21(15-8-3-1-4-9-15)17-12-7-13-22-19(17)20(26)23(21)16-10-5-2-6-11-16/h1-13H,14H2,(H,24,25). The second-order valence-corrected chi connectivity index (χ2v) is 6.17. The molecule has 1 amide bonds. The first-order valence-corrected chi connectivity index (χ1v) is 8.27. The summed E-state index contributed by atoms with van der Waals surface area (Å²) in [6.45, 7) is 0.